The minimum atomic E-state index is -1.61. The van der Waals surface area contributed by atoms with Crippen molar-refractivity contribution in [2.75, 3.05) is 13.2 Å². The summed E-state index contributed by atoms with van der Waals surface area (Å²) in [6, 6.07) is -0.976. The van der Waals surface area contributed by atoms with Gasteiger partial charge >= 0.3 is 0 Å². The molecule has 1 aliphatic rings. The molecule has 57 heavy (non-hydrogen) atoms. The van der Waals surface area contributed by atoms with Crippen molar-refractivity contribution >= 4 is 5.91 Å². The average Bonchev–Trinajstić information content (AvgIpc) is 3.21. The SMILES string of the molecule is CCCCCCCCCCCCCCCCCCCCCC[C@@H](O)C(=O)N[C@@H](CO[C@@H]1O[C@H](CO)[C@@H](O)[C@H](O)[C@H]1O)[C@H](O)/C=C/CCCCCCCCC(C)CC. The number of rotatable bonds is 39. The Kier molecular flexibility index (Phi) is 34.7. The Morgan fingerprint density at radius 1 is 0.649 bits per heavy atom. The molecule has 1 fully saturated rings. The van der Waals surface area contributed by atoms with Gasteiger partial charge in [-0.3, -0.25) is 4.79 Å². The highest BCUT2D eigenvalue weighted by Gasteiger charge is 2.44. The summed E-state index contributed by atoms with van der Waals surface area (Å²) in [5.41, 5.74) is 0. The Morgan fingerprint density at radius 2 is 1.11 bits per heavy atom. The highest BCUT2D eigenvalue weighted by atomic mass is 16.7. The van der Waals surface area contributed by atoms with Gasteiger partial charge in [-0.1, -0.05) is 206 Å². The van der Waals surface area contributed by atoms with Gasteiger partial charge in [0.05, 0.1) is 25.4 Å². The molecule has 0 bridgehead atoms. The molecule has 1 saturated heterocycles. The number of amides is 1. The van der Waals surface area contributed by atoms with Crippen LogP contribution in [0.1, 0.15) is 213 Å². The number of carbonyl (C=O) groups is 1. The minimum Gasteiger partial charge on any atom is -0.394 e. The third-order valence-corrected chi connectivity index (χ3v) is 12.0. The van der Waals surface area contributed by atoms with Gasteiger partial charge in [-0.05, 0) is 25.2 Å². The first-order valence-corrected chi connectivity index (χ1v) is 23.9. The first-order chi connectivity index (χ1) is 27.7. The van der Waals surface area contributed by atoms with E-state index in [1.165, 1.54) is 141 Å². The lowest BCUT2D eigenvalue weighted by molar-refractivity contribution is -0.302. The van der Waals surface area contributed by atoms with Crippen LogP contribution in [0.25, 0.3) is 0 Å². The van der Waals surface area contributed by atoms with Crippen molar-refractivity contribution in [2.24, 2.45) is 5.92 Å². The van der Waals surface area contributed by atoms with E-state index in [4.69, 9.17) is 9.47 Å². The zero-order chi connectivity index (χ0) is 41.9. The van der Waals surface area contributed by atoms with Crippen molar-refractivity contribution in [3.8, 4) is 0 Å². The molecule has 7 N–H and O–H groups in total. The van der Waals surface area contributed by atoms with Crippen LogP contribution in [0.15, 0.2) is 12.2 Å². The molecule has 0 aliphatic carbocycles. The van der Waals surface area contributed by atoms with Gasteiger partial charge in [0.2, 0.25) is 5.91 Å². The fourth-order valence-corrected chi connectivity index (χ4v) is 7.67. The molecule has 0 spiro atoms. The van der Waals surface area contributed by atoms with Gasteiger partial charge in [-0.15, -0.1) is 0 Å². The van der Waals surface area contributed by atoms with Crippen molar-refractivity contribution in [3.63, 3.8) is 0 Å². The van der Waals surface area contributed by atoms with Gasteiger partial charge < -0.3 is 45.4 Å². The maximum Gasteiger partial charge on any atom is 0.249 e. The normalized spacial score (nSPS) is 22.2. The first kappa shape index (κ1) is 53.9. The van der Waals surface area contributed by atoms with Crippen LogP contribution in [0.3, 0.4) is 0 Å². The first-order valence-electron chi connectivity index (χ1n) is 23.9. The summed E-state index contributed by atoms with van der Waals surface area (Å²) in [6.07, 6.45) is 30.2. The summed E-state index contributed by atoms with van der Waals surface area (Å²) in [4.78, 5) is 13.0. The number of hydrogen-bond donors (Lipinski definition) is 7. The van der Waals surface area contributed by atoms with Crippen LogP contribution < -0.4 is 5.32 Å². The van der Waals surface area contributed by atoms with Crippen LogP contribution in [0, 0.1) is 5.92 Å². The molecule has 1 unspecified atom stereocenters. The second-order valence-corrected chi connectivity index (χ2v) is 17.3. The molecule has 1 aliphatic heterocycles. The van der Waals surface area contributed by atoms with E-state index in [1.807, 2.05) is 6.08 Å². The zero-order valence-corrected chi connectivity index (χ0v) is 36.9. The molecule has 10 heteroatoms. The maximum absolute atomic E-state index is 13.0. The van der Waals surface area contributed by atoms with Gasteiger partial charge in [0.15, 0.2) is 6.29 Å². The summed E-state index contributed by atoms with van der Waals surface area (Å²) in [7, 11) is 0. The smallest absolute Gasteiger partial charge is 0.249 e. The summed E-state index contributed by atoms with van der Waals surface area (Å²) in [5, 5.41) is 64.6. The standard InChI is InChI=1S/C47H91NO9/c1-4-6-7-8-9-10-11-12-13-14-15-16-17-18-19-20-21-26-29-32-35-41(51)46(55)48-39(37-56-47-45(54)44(53)43(52)42(36-49)57-47)40(50)34-31-28-25-23-22-24-27-30-33-38(3)5-2/h31,34,38-45,47,49-54H,4-30,32-33,35-37H2,1-3H3,(H,48,55)/b34-31+/t38?,39-,40+,41+,42+,43+,44-,45+,47+/m0/s1. The van der Waals surface area contributed by atoms with Gasteiger partial charge in [0, 0.05) is 0 Å². The van der Waals surface area contributed by atoms with Crippen LogP contribution >= 0.6 is 0 Å². The summed E-state index contributed by atoms with van der Waals surface area (Å²) in [5.74, 6) is 0.185. The van der Waals surface area contributed by atoms with E-state index >= 15 is 0 Å². The Labute approximate surface area is 349 Å². The predicted octanol–water partition coefficient (Wildman–Crippen LogP) is 8.94. The maximum atomic E-state index is 13.0. The lowest BCUT2D eigenvalue weighted by Gasteiger charge is -2.40. The summed E-state index contributed by atoms with van der Waals surface area (Å²) >= 11 is 0. The van der Waals surface area contributed by atoms with Crippen molar-refractivity contribution in [2.45, 2.75) is 262 Å². The van der Waals surface area contributed by atoms with E-state index in [0.717, 1.165) is 50.9 Å². The molecule has 1 heterocycles. The molecule has 0 saturated carbocycles. The van der Waals surface area contributed by atoms with Gasteiger partial charge in [0.1, 0.15) is 30.5 Å². The monoisotopic (exact) mass is 814 g/mol. The lowest BCUT2D eigenvalue weighted by atomic mass is 9.99. The van der Waals surface area contributed by atoms with Crippen molar-refractivity contribution in [3.05, 3.63) is 12.2 Å². The molecule has 1 amide bonds. The van der Waals surface area contributed by atoms with E-state index in [9.17, 15) is 35.4 Å². The van der Waals surface area contributed by atoms with Gasteiger partial charge in [-0.25, -0.2) is 0 Å². The average molecular weight is 814 g/mol. The second-order valence-electron chi connectivity index (χ2n) is 17.3. The number of carbonyl (C=O) groups excluding carboxylic acids is 1. The van der Waals surface area contributed by atoms with E-state index in [1.54, 1.807) is 6.08 Å². The largest absolute Gasteiger partial charge is 0.394 e. The molecule has 10 nitrogen and oxygen atoms in total. The van der Waals surface area contributed by atoms with Crippen LogP contribution in [0.2, 0.25) is 0 Å². The molecule has 9 atom stereocenters. The third-order valence-electron chi connectivity index (χ3n) is 12.0. The molecule has 1 rings (SSSR count). The predicted molar refractivity (Wildman–Crippen MR) is 232 cm³/mol. The summed E-state index contributed by atoms with van der Waals surface area (Å²) < 4.78 is 11.1. The molecular weight excluding hydrogens is 723 g/mol. The quantitative estimate of drug-likeness (QED) is 0.0237. The molecule has 0 aromatic carbocycles. The van der Waals surface area contributed by atoms with Crippen LogP contribution in [0.5, 0.6) is 0 Å². The van der Waals surface area contributed by atoms with Gasteiger partial charge in [-0.2, -0.15) is 0 Å². The summed E-state index contributed by atoms with van der Waals surface area (Å²) in [6.45, 7) is 5.93. The number of allylic oxidation sites excluding steroid dienone is 1. The Hall–Kier alpha value is -1.11. The number of unbranched alkanes of at least 4 members (excludes halogenated alkanes) is 25. The fourth-order valence-electron chi connectivity index (χ4n) is 7.67. The topological polar surface area (TPSA) is 169 Å². The Balaban J connectivity index is 2.35. The number of aliphatic hydroxyl groups excluding tert-OH is 6. The second kappa shape index (κ2) is 36.7. The highest BCUT2D eigenvalue weighted by molar-refractivity contribution is 5.80. The van der Waals surface area contributed by atoms with E-state index in [2.05, 4.69) is 26.1 Å². The van der Waals surface area contributed by atoms with Crippen molar-refractivity contribution < 1.29 is 44.9 Å². The van der Waals surface area contributed by atoms with Crippen molar-refractivity contribution in [1.82, 2.24) is 5.32 Å². The Bertz CT molecular complexity index is 937. The molecule has 0 aromatic rings. The number of ether oxygens (including phenoxy) is 2. The molecule has 338 valence electrons. The van der Waals surface area contributed by atoms with Crippen LogP contribution in [0.4, 0.5) is 0 Å². The van der Waals surface area contributed by atoms with Gasteiger partial charge in [0.25, 0.3) is 0 Å². The van der Waals surface area contributed by atoms with Crippen molar-refractivity contribution in [1.29, 1.82) is 0 Å². The number of nitrogens with one attached hydrogen (secondary N) is 1. The number of aliphatic hydroxyl groups is 6. The molecule has 0 radical (unpaired) electrons. The van der Waals surface area contributed by atoms with Crippen LogP contribution in [-0.4, -0.2) is 98.7 Å². The Morgan fingerprint density at radius 3 is 1.58 bits per heavy atom. The van der Waals surface area contributed by atoms with E-state index in [-0.39, 0.29) is 6.61 Å². The molecular formula is C47H91NO9. The lowest BCUT2D eigenvalue weighted by Crippen LogP contribution is -2.60. The van der Waals surface area contributed by atoms with E-state index in [0.29, 0.717) is 6.42 Å². The molecule has 0 aromatic heterocycles. The van der Waals surface area contributed by atoms with Crippen LogP contribution in [-0.2, 0) is 14.3 Å². The third kappa shape index (κ3) is 27.4. The highest BCUT2D eigenvalue weighted by Crippen LogP contribution is 2.23. The fraction of sp³-hybridized carbons (Fsp3) is 0.936. The van der Waals surface area contributed by atoms with E-state index < -0.39 is 61.5 Å². The minimum absolute atomic E-state index is 0.303. The zero-order valence-electron chi connectivity index (χ0n) is 36.9. The number of hydrogen-bond acceptors (Lipinski definition) is 9.